The van der Waals surface area contributed by atoms with E-state index in [2.05, 4.69) is 28.2 Å². The van der Waals surface area contributed by atoms with E-state index in [0.29, 0.717) is 0 Å². The fourth-order valence-corrected chi connectivity index (χ4v) is 2.85. The van der Waals surface area contributed by atoms with Crippen LogP contribution in [-0.2, 0) is 0 Å². The third-order valence-corrected chi connectivity index (χ3v) is 4.13. The summed E-state index contributed by atoms with van der Waals surface area (Å²) in [6.07, 6.45) is 0. The Hall–Kier alpha value is -1.36. The van der Waals surface area contributed by atoms with Crippen LogP contribution in [-0.4, -0.2) is 18.8 Å². The summed E-state index contributed by atoms with van der Waals surface area (Å²) in [7, 11) is 1.65. The number of aliphatic hydroxyl groups is 1. The number of benzene rings is 2. The number of methoxy groups -OCH3 is 1. The van der Waals surface area contributed by atoms with Crippen molar-refractivity contribution in [1.82, 2.24) is 5.32 Å². The summed E-state index contributed by atoms with van der Waals surface area (Å²) in [4.78, 5) is 0. The van der Waals surface area contributed by atoms with E-state index in [9.17, 15) is 5.11 Å². The van der Waals surface area contributed by atoms with Crippen LogP contribution in [0.2, 0.25) is 0 Å². The van der Waals surface area contributed by atoms with E-state index in [1.807, 2.05) is 48.5 Å². The molecule has 3 nitrogen and oxygen atoms in total. The average Bonchev–Trinajstić information content (AvgIpc) is 2.53. The van der Waals surface area contributed by atoms with Crippen molar-refractivity contribution in [3.63, 3.8) is 0 Å². The van der Waals surface area contributed by atoms with E-state index in [-0.39, 0.29) is 18.7 Å². The molecule has 2 N–H and O–H groups in total. The fraction of sp³-hybridized carbons (Fsp3) is 0.294. The molecule has 0 fully saturated rings. The highest BCUT2D eigenvalue weighted by atomic mass is 79.9. The minimum Gasteiger partial charge on any atom is -0.496 e. The van der Waals surface area contributed by atoms with Crippen LogP contribution in [0, 0.1) is 0 Å². The molecule has 2 rings (SSSR count). The van der Waals surface area contributed by atoms with E-state index in [4.69, 9.17) is 4.74 Å². The van der Waals surface area contributed by atoms with Crippen molar-refractivity contribution in [3.05, 3.63) is 64.1 Å². The number of halogens is 1. The Bertz CT molecular complexity index is 574. The van der Waals surface area contributed by atoms with Crippen LogP contribution >= 0.6 is 15.9 Å². The third-order valence-electron chi connectivity index (χ3n) is 3.51. The molecule has 0 aliphatic rings. The Kier molecular flexibility index (Phi) is 5.79. The molecule has 4 heteroatoms. The molecule has 0 amide bonds. The molecule has 2 aromatic rings. The monoisotopic (exact) mass is 349 g/mol. The summed E-state index contributed by atoms with van der Waals surface area (Å²) in [6.45, 7) is 2.14. The van der Waals surface area contributed by atoms with Gasteiger partial charge in [-0.15, -0.1) is 0 Å². The maximum atomic E-state index is 9.62. The van der Waals surface area contributed by atoms with Gasteiger partial charge in [-0.1, -0.05) is 36.4 Å². The quantitative estimate of drug-likeness (QED) is 0.832. The topological polar surface area (TPSA) is 41.5 Å². The molecule has 2 atom stereocenters. The van der Waals surface area contributed by atoms with Crippen LogP contribution in [0.25, 0.3) is 0 Å². The van der Waals surface area contributed by atoms with E-state index in [0.717, 1.165) is 21.3 Å². The maximum Gasteiger partial charge on any atom is 0.133 e. The van der Waals surface area contributed by atoms with Crippen LogP contribution in [0.15, 0.2) is 53.0 Å². The Morgan fingerprint density at radius 1 is 1.14 bits per heavy atom. The summed E-state index contributed by atoms with van der Waals surface area (Å²) in [5.41, 5.74) is 2.22. The van der Waals surface area contributed by atoms with Crippen molar-refractivity contribution in [1.29, 1.82) is 0 Å². The van der Waals surface area contributed by atoms with Crippen molar-refractivity contribution in [2.45, 2.75) is 19.0 Å². The normalized spacial score (nSPS) is 13.7. The molecule has 0 aliphatic heterocycles. The highest BCUT2D eigenvalue weighted by Crippen LogP contribution is 2.29. The Morgan fingerprint density at radius 3 is 2.43 bits per heavy atom. The molecule has 0 saturated heterocycles. The average molecular weight is 350 g/mol. The van der Waals surface area contributed by atoms with Gasteiger partial charge in [-0.25, -0.2) is 0 Å². The number of aliphatic hydroxyl groups excluding tert-OH is 1. The Labute approximate surface area is 134 Å². The third kappa shape index (κ3) is 4.06. The number of rotatable bonds is 6. The molecule has 0 spiro atoms. The lowest BCUT2D eigenvalue weighted by molar-refractivity contribution is 0.235. The van der Waals surface area contributed by atoms with Crippen molar-refractivity contribution < 1.29 is 9.84 Å². The predicted molar refractivity (Wildman–Crippen MR) is 88.5 cm³/mol. The largest absolute Gasteiger partial charge is 0.496 e. The summed E-state index contributed by atoms with van der Waals surface area (Å²) in [5.74, 6) is 0.813. The van der Waals surface area contributed by atoms with E-state index in [1.165, 1.54) is 0 Å². The van der Waals surface area contributed by atoms with Gasteiger partial charge in [0.2, 0.25) is 0 Å². The molecular weight excluding hydrogens is 330 g/mol. The highest BCUT2D eigenvalue weighted by Gasteiger charge is 2.15. The van der Waals surface area contributed by atoms with Crippen LogP contribution in [0.1, 0.15) is 30.1 Å². The standard InChI is InChI=1S/C17H20BrNO2/c1-12(14-8-9-17(21-2)15(18)10-14)19-16(11-20)13-6-4-3-5-7-13/h3-10,12,16,19-20H,11H2,1-2H3/t12?,16-/m1/s1. The van der Waals surface area contributed by atoms with Gasteiger partial charge >= 0.3 is 0 Å². The van der Waals surface area contributed by atoms with E-state index in [1.54, 1.807) is 7.11 Å². The van der Waals surface area contributed by atoms with Crippen molar-refractivity contribution in [2.75, 3.05) is 13.7 Å². The van der Waals surface area contributed by atoms with Crippen molar-refractivity contribution in [3.8, 4) is 5.75 Å². The fourth-order valence-electron chi connectivity index (χ4n) is 2.29. The van der Waals surface area contributed by atoms with Gasteiger partial charge < -0.3 is 15.2 Å². The van der Waals surface area contributed by atoms with Gasteiger partial charge in [0, 0.05) is 6.04 Å². The molecule has 0 heterocycles. The number of hydrogen-bond acceptors (Lipinski definition) is 3. The van der Waals surface area contributed by atoms with Gasteiger partial charge in [-0.2, -0.15) is 0 Å². The Balaban J connectivity index is 2.12. The summed E-state index contributed by atoms with van der Waals surface area (Å²) in [5, 5.41) is 13.1. The molecule has 21 heavy (non-hydrogen) atoms. The Morgan fingerprint density at radius 2 is 1.86 bits per heavy atom. The number of ether oxygens (including phenoxy) is 1. The SMILES string of the molecule is COc1ccc(C(C)N[C@H](CO)c2ccccc2)cc1Br. The molecule has 112 valence electrons. The van der Waals surface area contributed by atoms with Crippen LogP contribution in [0.3, 0.4) is 0 Å². The van der Waals surface area contributed by atoms with Gasteiger partial charge in [-0.3, -0.25) is 0 Å². The van der Waals surface area contributed by atoms with Crippen LogP contribution in [0.4, 0.5) is 0 Å². The lowest BCUT2D eigenvalue weighted by Crippen LogP contribution is -2.27. The first-order valence-electron chi connectivity index (χ1n) is 6.91. The summed E-state index contributed by atoms with van der Waals surface area (Å²) in [6, 6.07) is 16.0. The van der Waals surface area contributed by atoms with Crippen LogP contribution in [0.5, 0.6) is 5.75 Å². The molecule has 0 saturated carbocycles. The van der Waals surface area contributed by atoms with Crippen molar-refractivity contribution >= 4 is 15.9 Å². The lowest BCUT2D eigenvalue weighted by atomic mass is 10.0. The first kappa shape index (κ1) is 16.0. The van der Waals surface area contributed by atoms with E-state index >= 15 is 0 Å². The lowest BCUT2D eigenvalue weighted by Gasteiger charge is -2.23. The second-order valence-electron chi connectivity index (χ2n) is 4.93. The van der Waals surface area contributed by atoms with Crippen molar-refractivity contribution in [2.24, 2.45) is 0 Å². The second kappa shape index (κ2) is 7.59. The van der Waals surface area contributed by atoms with Gasteiger partial charge in [0.25, 0.3) is 0 Å². The summed E-state index contributed by atoms with van der Waals surface area (Å²) < 4.78 is 6.17. The van der Waals surface area contributed by atoms with Gasteiger partial charge in [-0.05, 0) is 46.1 Å². The zero-order valence-electron chi connectivity index (χ0n) is 12.2. The predicted octanol–water partition coefficient (Wildman–Crippen LogP) is 3.84. The minimum atomic E-state index is -0.0814. The molecule has 2 aromatic carbocycles. The highest BCUT2D eigenvalue weighted by molar-refractivity contribution is 9.10. The van der Waals surface area contributed by atoms with E-state index < -0.39 is 0 Å². The molecule has 0 aliphatic carbocycles. The summed E-state index contributed by atoms with van der Waals surface area (Å²) >= 11 is 3.50. The zero-order valence-corrected chi connectivity index (χ0v) is 13.8. The van der Waals surface area contributed by atoms with Gasteiger partial charge in [0.05, 0.1) is 24.2 Å². The number of hydrogen-bond donors (Lipinski definition) is 2. The van der Waals surface area contributed by atoms with Crippen LogP contribution < -0.4 is 10.1 Å². The molecular formula is C17H20BrNO2. The van der Waals surface area contributed by atoms with Gasteiger partial charge in [0.15, 0.2) is 0 Å². The molecule has 0 bridgehead atoms. The molecule has 0 aromatic heterocycles. The van der Waals surface area contributed by atoms with Gasteiger partial charge in [0.1, 0.15) is 5.75 Å². The smallest absolute Gasteiger partial charge is 0.133 e. The zero-order chi connectivity index (χ0) is 15.2. The maximum absolute atomic E-state index is 9.62. The first-order chi connectivity index (χ1) is 10.2. The molecule has 0 radical (unpaired) electrons. The first-order valence-corrected chi connectivity index (χ1v) is 7.70. The second-order valence-corrected chi connectivity index (χ2v) is 5.78. The molecule has 1 unspecified atom stereocenters. The minimum absolute atomic E-state index is 0.0612. The number of nitrogens with one attached hydrogen (secondary N) is 1.